The molecule has 0 bridgehead atoms. The molecule has 1 aromatic heterocycles. The number of thiophene rings is 1. The van der Waals surface area contributed by atoms with E-state index in [0.29, 0.717) is 12.6 Å². The Balaban J connectivity index is 2.13. The zero-order chi connectivity index (χ0) is 13.3. The van der Waals surface area contributed by atoms with E-state index in [1.54, 1.807) is 11.3 Å². The van der Waals surface area contributed by atoms with E-state index < -0.39 is 0 Å². The lowest BCUT2D eigenvalue weighted by Crippen LogP contribution is -2.42. The number of halogens is 2. The van der Waals surface area contributed by atoms with E-state index in [1.165, 1.54) is 17.8 Å². The lowest BCUT2D eigenvalue weighted by atomic mass is 9.88. The first-order valence-electron chi connectivity index (χ1n) is 6.41. The smallest absolute Gasteiger partial charge is 0.0843 e. The number of rotatable bonds is 3. The van der Waals surface area contributed by atoms with Gasteiger partial charge in [-0.3, -0.25) is 4.90 Å². The van der Waals surface area contributed by atoms with Crippen molar-refractivity contribution in [3.63, 3.8) is 0 Å². The standard InChI is InChI=1S/C13H20Br2N2S/c1-8-3-4-17(7-9(8)2)11(6-16)12-5-10(14)13(15)18-12/h5,8-9,11H,3-4,6-7,16H2,1-2H3. The molecule has 0 radical (unpaired) electrons. The summed E-state index contributed by atoms with van der Waals surface area (Å²) in [4.78, 5) is 3.91. The summed E-state index contributed by atoms with van der Waals surface area (Å²) >= 11 is 8.93. The number of likely N-dealkylation sites (tertiary alicyclic amines) is 1. The fourth-order valence-corrected chi connectivity index (χ4v) is 4.79. The van der Waals surface area contributed by atoms with E-state index >= 15 is 0 Å². The van der Waals surface area contributed by atoms with Crippen LogP contribution in [0.2, 0.25) is 0 Å². The van der Waals surface area contributed by atoms with E-state index in [-0.39, 0.29) is 0 Å². The van der Waals surface area contributed by atoms with E-state index in [1.807, 2.05) is 0 Å². The van der Waals surface area contributed by atoms with E-state index in [2.05, 4.69) is 56.7 Å². The van der Waals surface area contributed by atoms with Crippen molar-refractivity contribution in [2.75, 3.05) is 19.6 Å². The van der Waals surface area contributed by atoms with E-state index in [4.69, 9.17) is 5.73 Å². The molecule has 0 aromatic carbocycles. The van der Waals surface area contributed by atoms with Crippen molar-refractivity contribution in [3.8, 4) is 0 Å². The van der Waals surface area contributed by atoms with Gasteiger partial charge in [0.15, 0.2) is 0 Å². The van der Waals surface area contributed by atoms with Gasteiger partial charge in [0.2, 0.25) is 0 Å². The Hall–Kier alpha value is 0.580. The Kier molecular flexibility index (Phi) is 5.29. The topological polar surface area (TPSA) is 29.3 Å². The van der Waals surface area contributed by atoms with Crippen LogP contribution in [0.4, 0.5) is 0 Å². The molecule has 2 N–H and O–H groups in total. The molecule has 2 rings (SSSR count). The molecule has 2 heterocycles. The fourth-order valence-electron chi connectivity index (χ4n) is 2.55. The Morgan fingerprint density at radius 1 is 1.44 bits per heavy atom. The Bertz CT molecular complexity index is 388. The number of piperidine rings is 1. The molecule has 102 valence electrons. The zero-order valence-electron chi connectivity index (χ0n) is 10.8. The third-order valence-electron chi connectivity index (χ3n) is 4.02. The second-order valence-electron chi connectivity index (χ2n) is 5.26. The molecule has 0 aliphatic carbocycles. The van der Waals surface area contributed by atoms with Crippen LogP contribution in [0.15, 0.2) is 14.3 Å². The van der Waals surface area contributed by atoms with Gasteiger partial charge in [-0.15, -0.1) is 11.3 Å². The third-order valence-corrected chi connectivity index (χ3v) is 7.38. The second kappa shape index (κ2) is 6.35. The molecule has 1 saturated heterocycles. The highest BCUT2D eigenvalue weighted by molar-refractivity contribution is 9.13. The number of nitrogens with two attached hydrogens (primary N) is 1. The predicted octanol–water partition coefficient (Wildman–Crippen LogP) is 4.25. The minimum atomic E-state index is 0.368. The molecule has 1 aromatic rings. The van der Waals surface area contributed by atoms with Crippen LogP contribution in [0, 0.1) is 11.8 Å². The summed E-state index contributed by atoms with van der Waals surface area (Å²) < 4.78 is 2.30. The van der Waals surface area contributed by atoms with Crippen molar-refractivity contribution in [3.05, 3.63) is 19.2 Å². The molecule has 0 spiro atoms. The summed E-state index contributed by atoms with van der Waals surface area (Å²) in [6, 6.07) is 2.57. The van der Waals surface area contributed by atoms with Crippen molar-refractivity contribution < 1.29 is 0 Å². The van der Waals surface area contributed by atoms with Crippen LogP contribution in [0.3, 0.4) is 0 Å². The van der Waals surface area contributed by atoms with Crippen LogP contribution in [0.1, 0.15) is 31.2 Å². The van der Waals surface area contributed by atoms with Gasteiger partial charge in [-0.1, -0.05) is 13.8 Å². The Morgan fingerprint density at radius 3 is 2.67 bits per heavy atom. The Morgan fingerprint density at radius 2 is 2.17 bits per heavy atom. The quantitative estimate of drug-likeness (QED) is 0.828. The molecule has 0 amide bonds. The van der Waals surface area contributed by atoms with Crippen molar-refractivity contribution in [2.45, 2.75) is 26.3 Å². The molecule has 3 unspecified atom stereocenters. The molecule has 2 nitrogen and oxygen atoms in total. The van der Waals surface area contributed by atoms with E-state index in [9.17, 15) is 0 Å². The van der Waals surface area contributed by atoms with Crippen LogP contribution in [0.25, 0.3) is 0 Å². The lowest BCUT2D eigenvalue weighted by molar-refractivity contribution is 0.0997. The van der Waals surface area contributed by atoms with Crippen molar-refractivity contribution in [2.24, 2.45) is 17.6 Å². The molecule has 0 saturated carbocycles. The second-order valence-corrected chi connectivity index (χ2v) is 8.52. The van der Waals surface area contributed by atoms with Gasteiger partial charge < -0.3 is 5.73 Å². The van der Waals surface area contributed by atoms with Crippen LogP contribution in [0.5, 0.6) is 0 Å². The summed E-state index contributed by atoms with van der Waals surface area (Å²) in [6.07, 6.45) is 1.28. The van der Waals surface area contributed by atoms with Gasteiger partial charge in [0.05, 0.1) is 9.83 Å². The maximum atomic E-state index is 6.01. The highest BCUT2D eigenvalue weighted by atomic mass is 79.9. The highest BCUT2D eigenvalue weighted by Gasteiger charge is 2.29. The van der Waals surface area contributed by atoms with Gasteiger partial charge >= 0.3 is 0 Å². The monoisotopic (exact) mass is 394 g/mol. The molecule has 18 heavy (non-hydrogen) atoms. The first-order valence-corrected chi connectivity index (χ1v) is 8.82. The molecule has 3 atom stereocenters. The summed E-state index contributed by atoms with van der Waals surface area (Å²) in [7, 11) is 0. The number of hydrogen-bond donors (Lipinski definition) is 1. The zero-order valence-corrected chi connectivity index (χ0v) is 14.8. The van der Waals surface area contributed by atoms with Crippen molar-refractivity contribution in [1.82, 2.24) is 4.90 Å². The van der Waals surface area contributed by atoms with Crippen molar-refractivity contribution >= 4 is 43.2 Å². The molecule has 5 heteroatoms. The largest absolute Gasteiger partial charge is 0.329 e. The summed E-state index contributed by atoms with van der Waals surface area (Å²) in [5, 5.41) is 0. The lowest BCUT2D eigenvalue weighted by Gasteiger charge is -2.39. The van der Waals surface area contributed by atoms with Gasteiger partial charge in [-0.2, -0.15) is 0 Å². The molecular formula is C13H20Br2N2S. The van der Waals surface area contributed by atoms with Crippen molar-refractivity contribution in [1.29, 1.82) is 0 Å². The summed E-state index contributed by atoms with van der Waals surface area (Å²) in [5.74, 6) is 1.60. The van der Waals surface area contributed by atoms with Crippen LogP contribution in [-0.2, 0) is 0 Å². The fraction of sp³-hybridized carbons (Fsp3) is 0.692. The first-order chi connectivity index (χ1) is 8.52. The van der Waals surface area contributed by atoms with Gasteiger partial charge in [0.25, 0.3) is 0 Å². The minimum Gasteiger partial charge on any atom is -0.329 e. The third kappa shape index (κ3) is 3.18. The predicted molar refractivity (Wildman–Crippen MR) is 86.0 cm³/mol. The molecule has 1 fully saturated rings. The van der Waals surface area contributed by atoms with Gasteiger partial charge in [0, 0.05) is 22.4 Å². The highest BCUT2D eigenvalue weighted by Crippen LogP contribution is 2.38. The van der Waals surface area contributed by atoms with Crippen LogP contribution in [-0.4, -0.2) is 24.5 Å². The number of hydrogen-bond acceptors (Lipinski definition) is 3. The first kappa shape index (κ1) is 15.0. The molecular weight excluding hydrogens is 376 g/mol. The van der Waals surface area contributed by atoms with Gasteiger partial charge in [0.1, 0.15) is 0 Å². The van der Waals surface area contributed by atoms with Gasteiger partial charge in [-0.05, 0) is 62.7 Å². The van der Waals surface area contributed by atoms with Crippen LogP contribution < -0.4 is 5.73 Å². The maximum absolute atomic E-state index is 6.01. The number of nitrogens with zero attached hydrogens (tertiary/aromatic N) is 1. The summed E-state index contributed by atoms with van der Waals surface area (Å²) in [6.45, 7) is 7.74. The van der Waals surface area contributed by atoms with Crippen LogP contribution >= 0.6 is 43.2 Å². The molecule has 1 aliphatic heterocycles. The summed E-state index contributed by atoms with van der Waals surface area (Å²) in [5.41, 5.74) is 6.01. The SMILES string of the molecule is CC1CCN(C(CN)c2cc(Br)c(Br)s2)CC1C. The maximum Gasteiger partial charge on any atom is 0.0843 e. The average Bonchev–Trinajstić information content (AvgIpc) is 2.65. The minimum absolute atomic E-state index is 0.368. The van der Waals surface area contributed by atoms with Gasteiger partial charge in [-0.25, -0.2) is 0 Å². The van der Waals surface area contributed by atoms with E-state index in [0.717, 1.165) is 26.6 Å². The Labute approximate surface area is 130 Å². The molecule has 1 aliphatic rings. The normalized spacial score (nSPS) is 27.4. The average molecular weight is 396 g/mol.